The highest BCUT2D eigenvalue weighted by Crippen LogP contribution is 2.34. The first-order valence-electron chi connectivity index (χ1n) is 12.1. The summed E-state index contributed by atoms with van der Waals surface area (Å²) in [6, 6.07) is 4.39. The summed E-state index contributed by atoms with van der Waals surface area (Å²) in [5.74, 6) is -0.0581. The highest BCUT2D eigenvalue weighted by Gasteiger charge is 2.32. The second-order valence-corrected chi connectivity index (χ2v) is 9.75. The summed E-state index contributed by atoms with van der Waals surface area (Å²) in [7, 11) is 0. The van der Waals surface area contributed by atoms with Gasteiger partial charge in [-0.2, -0.15) is 5.10 Å². The zero-order valence-electron chi connectivity index (χ0n) is 19.6. The molecule has 0 bridgehead atoms. The second-order valence-electron chi connectivity index (χ2n) is 9.75. The monoisotopic (exact) mass is 461 g/mol. The van der Waals surface area contributed by atoms with E-state index in [1.54, 1.807) is 18.6 Å². The van der Waals surface area contributed by atoms with Crippen LogP contribution in [0.2, 0.25) is 0 Å². The molecule has 9 nitrogen and oxygen atoms in total. The quantitative estimate of drug-likeness (QED) is 0.536. The van der Waals surface area contributed by atoms with Gasteiger partial charge in [0.15, 0.2) is 0 Å². The summed E-state index contributed by atoms with van der Waals surface area (Å²) in [5, 5.41) is 11.5. The average molecular weight is 462 g/mol. The Bertz CT molecular complexity index is 1210. The number of carbonyl (C=O) groups is 2. The van der Waals surface area contributed by atoms with Crippen molar-refractivity contribution >= 4 is 28.7 Å². The number of hydrogen-bond acceptors (Lipinski definition) is 6. The molecule has 1 saturated carbocycles. The number of nitrogens with zero attached hydrogens (tertiary/aromatic N) is 4. The number of fused-ring (bicyclic) bond motifs is 1. The number of rotatable bonds is 5. The van der Waals surface area contributed by atoms with Crippen molar-refractivity contribution in [3.05, 3.63) is 36.3 Å². The highest BCUT2D eigenvalue weighted by atomic mass is 16.2. The van der Waals surface area contributed by atoms with E-state index in [9.17, 15) is 9.59 Å². The standard InChI is InChI=1S/C25H31N7O2/c1-14-7-15(2)31-24(34)20(14)12-27-23(33)19-8-16(17-10-28-25(26)29-11-17)9-22-21(19)13-30-32(22)18-5-3-4-6-18/h8-11,13-15,18,20H,3-7,12H2,1-2H3,(H,27,33)(H,31,34)(H2,26,28,29). The lowest BCUT2D eigenvalue weighted by molar-refractivity contribution is -0.129. The van der Waals surface area contributed by atoms with Gasteiger partial charge in [0.05, 0.1) is 29.2 Å². The van der Waals surface area contributed by atoms with Crippen LogP contribution in [0, 0.1) is 11.8 Å². The van der Waals surface area contributed by atoms with Crippen LogP contribution in [0.5, 0.6) is 0 Å². The number of nitrogens with two attached hydrogens (primary N) is 1. The molecule has 3 atom stereocenters. The van der Waals surface area contributed by atoms with Crippen LogP contribution < -0.4 is 16.4 Å². The average Bonchev–Trinajstić information content (AvgIpc) is 3.47. The molecule has 1 aliphatic heterocycles. The summed E-state index contributed by atoms with van der Waals surface area (Å²) >= 11 is 0. The molecule has 4 N–H and O–H groups in total. The number of amides is 2. The molecule has 0 radical (unpaired) electrons. The molecule has 1 saturated heterocycles. The summed E-state index contributed by atoms with van der Waals surface area (Å²) in [4.78, 5) is 34.1. The van der Waals surface area contributed by atoms with Crippen molar-refractivity contribution in [1.82, 2.24) is 30.4 Å². The topological polar surface area (TPSA) is 128 Å². The van der Waals surface area contributed by atoms with Crippen molar-refractivity contribution in [3.63, 3.8) is 0 Å². The number of aromatic nitrogens is 4. The number of nitrogen functional groups attached to an aromatic ring is 1. The zero-order valence-corrected chi connectivity index (χ0v) is 19.6. The molecule has 5 rings (SSSR count). The van der Waals surface area contributed by atoms with E-state index in [-0.39, 0.29) is 35.6 Å². The number of carbonyl (C=O) groups excluding carboxylic acids is 2. The largest absolute Gasteiger partial charge is 0.368 e. The van der Waals surface area contributed by atoms with E-state index in [2.05, 4.69) is 37.3 Å². The Kier molecular flexibility index (Phi) is 5.93. The third kappa shape index (κ3) is 4.22. The number of anilines is 1. The molecule has 1 aliphatic carbocycles. The van der Waals surface area contributed by atoms with Crippen molar-refractivity contribution in [1.29, 1.82) is 0 Å². The maximum absolute atomic E-state index is 13.4. The predicted molar refractivity (Wildman–Crippen MR) is 130 cm³/mol. The van der Waals surface area contributed by atoms with E-state index in [1.807, 2.05) is 19.1 Å². The summed E-state index contributed by atoms with van der Waals surface area (Å²) in [6.07, 6.45) is 10.5. The maximum atomic E-state index is 13.4. The molecular weight excluding hydrogens is 430 g/mol. The fraction of sp³-hybridized carbons (Fsp3) is 0.480. The molecule has 2 aliphatic rings. The van der Waals surface area contributed by atoms with E-state index >= 15 is 0 Å². The van der Waals surface area contributed by atoms with Gasteiger partial charge in [-0.25, -0.2) is 9.97 Å². The molecular formula is C25H31N7O2. The first-order chi connectivity index (χ1) is 16.4. The molecule has 1 aromatic carbocycles. The minimum atomic E-state index is -0.245. The van der Waals surface area contributed by atoms with Gasteiger partial charge in [0.2, 0.25) is 11.9 Å². The van der Waals surface area contributed by atoms with Crippen LogP contribution in [-0.2, 0) is 4.79 Å². The van der Waals surface area contributed by atoms with Crippen LogP contribution in [0.3, 0.4) is 0 Å². The Hall–Kier alpha value is -3.49. The van der Waals surface area contributed by atoms with Crippen LogP contribution in [-0.4, -0.2) is 44.1 Å². The molecule has 2 amide bonds. The van der Waals surface area contributed by atoms with Gasteiger partial charge in [-0.3, -0.25) is 14.3 Å². The molecule has 0 spiro atoms. The lowest BCUT2D eigenvalue weighted by Crippen LogP contribution is -2.50. The van der Waals surface area contributed by atoms with Crippen LogP contribution >= 0.6 is 0 Å². The van der Waals surface area contributed by atoms with E-state index in [4.69, 9.17) is 5.73 Å². The Balaban J connectivity index is 1.49. The lowest BCUT2D eigenvalue weighted by atomic mass is 9.84. The summed E-state index contributed by atoms with van der Waals surface area (Å²) < 4.78 is 2.05. The van der Waals surface area contributed by atoms with Gasteiger partial charge >= 0.3 is 0 Å². The Morgan fingerprint density at radius 2 is 1.88 bits per heavy atom. The Morgan fingerprint density at radius 1 is 1.15 bits per heavy atom. The van der Waals surface area contributed by atoms with Crippen molar-refractivity contribution in [2.24, 2.45) is 11.8 Å². The van der Waals surface area contributed by atoms with Gasteiger partial charge in [-0.15, -0.1) is 0 Å². The smallest absolute Gasteiger partial charge is 0.252 e. The van der Waals surface area contributed by atoms with E-state index < -0.39 is 0 Å². The molecule has 3 aromatic rings. The van der Waals surface area contributed by atoms with E-state index in [1.165, 1.54) is 12.8 Å². The number of benzene rings is 1. The van der Waals surface area contributed by atoms with E-state index in [0.29, 0.717) is 18.2 Å². The summed E-state index contributed by atoms with van der Waals surface area (Å²) in [6.45, 7) is 4.37. The number of piperidine rings is 1. The first-order valence-corrected chi connectivity index (χ1v) is 12.1. The van der Waals surface area contributed by atoms with Gasteiger partial charge in [0.25, 0.3) is 5.91 Å². The summed E-state index contributed by atoms with van der Waals surface area (Å²) in [5.41, 5.74) is 8.73. The van der Waals surface area contributed by atoms with Gasteiger partial charge in [-0.1, -0.05) is 19.8 Å². The minimum absolute atomic E-state index is 0.00137. The van der Waals surface area contributed by atoms with Gasteiger partial charge < -0.3 is 16.4 Å². The maximum Gasteiger partial charge on any atom is 0.252 e. The number of hydrogen-bond donors (Lipinski definition) is 3. The third-order valence-electron chi connectivity index (χ3n) is 7.26. The van der Waals surface area contributed by atoms with Crippen LogP contribution in [0.25, 0.3) is 22.0 Å². The Morgan fingerprint density at radius 3 is 2.59 bits per heavy atom. The fourth-order valence-electron chi connectivity index (χ4n) is 5.41. The predicted octanol–water partition coefficient (Wildman–Crippen LogP) is 3.08. The molecule has 9 heteroatoms. The van der Waals surface area contributed by atoms with Crippen molar-refractivity contribution in [3.8, 4) is 11.1 Å². The number of nitrogens with one attached hydrogen (secondary N) is 2. The molecule has 3 unspecified atom stereocenters. The van der Waals surface area contributed by atoms with Crippen molar-refractivity contribution in [2.45, 2.75) is 58.0 Å². The normalized spacial score (nSPS) is 23.2. The highest BCUT2D eigenvalue weighted by molar-refractivity contribution is 6.08. The van der Waals surface area contributed by atoms with Crippen molar-refractivity contribution in [2.75, 3.05) is 12.3 Å². The Labute approximate surface area is 198 Å². The molecule has 178 valence electrons. The lowest BCUT2D eigenvalue weighted by Gasteiger charge is -2.32. The van der Waals surface area contributed by atoms with Crippen LogP contribution in [0.4, 0.5) is 5.95 Å². The zero-order chi connectivity index (χ0) is 23.8. The molecule has 2 fully saturated rings. The second kappa shape index (κ2) is 9.04. The van der Waals surface area contributed by atoms with Gasteiger partial charge in [0, 0.05) is 35.9 Å². The van der Waals surface area contributed by atoms with Crippen LogP contribution in [0.1, 0.15) is 62.4 Å². The van der Waals surface area contributed by atoms with E-state index in [0.717, 1.165) is 41.3 Å². The fourth-order valence-corrected chi connectivity index (χ4v) is 5.41. The first kappa shape index (κ1) is 22.3. The van der Waals surface area contributed by atoms with Crippen molar-refractivity contribution < 1.29 is 9.59 Å². The molecule has 2 aromatic heterocycles. The van der Waals surface area contributed by atoms with Gasteiger partial charge in [0.1, 0.15) is 0 Å². The molecule has 3 heterocycles. The SMILES string of the molecule is CC1CC(C)C(CNC(=O)c2cc(-c3cnc(N)nc3)cc3c2cnn3C2CCCC2)C(=O)N1. The molecule has 34 heavy (non-hydrogen) atoms. The van der Waals surface area contributed by atoms with Crippen LogP contribution in [0.15, 0.2) is 30.7 Å². The third-order valence-corrected chi connectivity index (χ3v) is 7.26. The van der Waals surface area contributed by atoms with Gasteiger partial charge in [-0.05, 0) is 49.8 Å². The minimum Gasteiger partial charge on any atom is -0.368 e.